The summed E-state index contributed by atoms with van der Waals surface area (Å²) in [5.41, 5.74) is 5.84. The van der Waals surface area contributed by atoms with Gasteiger partial charge in [0.2, 0.25) is 0 Å². The maximum atomic E-state index is 11.2. The van der Waals surface area contributed by atoms with E-state index in [2.05, 4.69) is 5.32 Å². The van der Waals surface area contributed by atoms with Gasteiger partial charge < -0.3 is 20.7 Å². The van der Waals surface area contributed by atoms with Gasteiger partial charge in [0, 0.05) is 38.1 Å². The van der Waals surface area contributed by atoms with E-state index in [9.17, 15) is 9.90 Å². The molecule has 5 heteroatoms. The molecular weight excluding hydrogens is 182 g/mol. The molecule has 0 saturated carbocycles. The fraction of sp³-hybridized carbons (Fsp3) is 0.444. The summed E-state index contributed by atoms with van der Waals surface area (Å²) in [6, 6.07) is 3.24. The van der Waals surface area contributed by atoms with Crippen LogP contribution >= 0.6 is 0 Å². The lowest BCUT2D eigenvalue weighted by Gasteiger charge is -2.10. The average molecular weight is 197 g/mol. The molecule has 0 saturated heterocycles. The number of pyridine rings is 1. The number of anilines is 1. The Hall–Kier alpha value is -1.33. The number of aliphatic hydroxyl groups is 1. The number of nitrogens with two attached hydrogens (primary N) is 1. The van der Waals surface area contributed by atoms with Crippen molar-refractivity contribution in [2.24, 2.45) is 12.8 Å². The van der Waals surface area contributed by atoms with Gasteiger partial charge in [0.05, 0.1) is 6.10 Å². The first-order valence-corrected chi connectivity index (χ1v) is 4.42. The first-order valence-electron chi connectivity index (χ1n) is 4.42. The molecule has 0 amide bonds. The van der Waals surface area contributed by atoms with Crippen LogP contribution in [-0.2, 0) is 7.05 Å². The second kappa shape index (κ2) is 4.78. The lowest BCUT2D eigenvalue weighted by atomic mass is 10.3. The molecular formula is C9H15N3O2. The Morgan fingerprint density at radius 3 is 3.00 bits per heavy atom. The van der Waals surface area contributed by atoms with Crippen molar-refractivity contribution in [3.63, 3.8) is 0 Å². The lowest BCUT2D eigenvalue weighted by Crippen LogP contribution is -2.28. The molecule has 14 heavy (non-hydrogen) atoms. The highest BCUT2D eigenvalue weighted by Gasteiger charge is 2.00. The fourth-order valence-electron chi connectivity index (χ4n) is 0.977. The molecule has 0 bridgehead atoms. The van der Waals surface area contributed by atoms with E-state index >= 15 is 0 Å². The van der Waals surface area contributed by atoms with Crippen LogP contribution in [0.2, 0.25) is 0 Å². The predicted molar refractivity (Wildman–Crippen MR) is 55.2 cm³/mol. The van der Waals surface area contributed by atoms with E-state index in [0.717, 1.165) is 0 Å². The number of aromatic nitrogens is 1. The Morgan fingerprint density at radius 1 is 1.71 bits per heavy atom. The molecule has 1 heterocycles. The molecule has 0 aliphatic heterocycles. The minimum Gasteiger partial charge on any atom is -0.390 e. The van der Waals surface area contributed by atoms with Gasteiger partial charge in [-0.15, -0.1) is 0 Å². The second-order valence-electron chi connectivity index (χ2n) is 3.13. The van der Waals surface area contributed by atoms with Gasteiger partial charge in [-0.2, -0.15) is 0 Å². The average Bonchev–Trinajstić information content (AvgIpc) is 2.19. The smallest absolute Gasteiger partial charge is 0.252 e. The molecule has 0 aliphatic rings. The minimum atomic E-state index is -0.584. The Balaban J connectivity index is 2.60. The minimum absolute atomic E-state index is 0.0859. The molecule has 1 rings (SSSR count). The summed E-state index contributed by atoms with van der Waals surface area (Å²) in [5.74, 6) is 0. The molecule has 0 spiro atoms. The zero-order chi connectivity index (χ0) is 10.6. The van der Waals surface area contributed by atoms with Gasteiger partial charge in [-0.3, -0.25) is 4.79 Å². The molecule has 1 unspecified atom stereocenters. The summed E-state index contributed by atoms with van der Waals surface area (Å²) in [6.45, 7) is 0.557. The molecule has 0 aromatic carbocycles. The third-order valence-electron chi connectivity index (χ3n) is 1.92. The molecule has 4 N–H and O–H groups in total. The van der Waals surface area contributed by atoms with Crippen LogP contribution in [0.25, 0.3) is 0 Å². The Kier molecular flexibility index (Phi) is 3.67. The van der Waals surface area contributed by atoms with Gasteiger partial charge in [-0.1, -0.05) is 0 Å². The summed E-state index contributed by atoms with van der Waals surface area (Å²) >= 11 is 0. The van der Waals surface area contributed by atoms with Crippen molar-refractivity contribution in [3.8, 4) is 0 Å². The molecule has 1 aromatic rings. The van der Waals surface area contributed by atoms with Crippen molar-refractivity contribution in [1.29, 1.82) is 0 Å². The van der Waals surface area contributed by atoms with Crippen molar-refractivity contribution in [2.45, 2.75) is 6.10 Å². The van der Waals surface area contributed by atoms with Gasteiger partial charge in [0.15, 0.2) is 0 Å². The number of nitrogens with zero attached hydrogens (tertiary/aromatic N) is 1. The van der Waals surface area contributed by atoms with Gasteiger partial charge in [-0.05, 0) is 6.07 Å². The number of aryl methyl sites for hydroxylation is 1. The maximum Gasteiger partial charge on any atom is 0.252 e. The summed E-state index contributed by atoms with van der Waals surface area (Å²) < 4.78 is 1.48. The van der Waals surface area contributed by atoms with Crippen LogP contribution in [0.1, 0.15) is 0 Å². The number of hydrogen-bond acceptors (Lipinski definition) is 4. The first-order chi connectivity index (χ1) is 6.63. The highest BCUT2D eigenvalue weighted by molar-refractivity contribution is 5.41. The summed E-state index contributed by atoms with van der Waals surface area (Å²) in [5, 5.41) is 12.1. The van der Waals surface area contributed by atoms with Crippen LogP contribution < -0.4 is 16.6 Å². The molecule has 0 fully saturated rings. The normalized spacial score (nSPS) is 12.5. The number of nitrogens with one attached hydrogen (secondary N) is 1. The van der Waals surface area contributed by atoms with Crippen molar-refractivity contribution in [3.05, 3.63) is 28.7 Å². The molecule has 0 aliphatic carbocycles. The SMILES string of the molecule is Cn1ccc(NCC(O)CN)cc1=O. The lowest BCUT2D eigenvalue weighted by molar-refractivity contribution is 0.196. The summed E-state index contributed by atoms with van der Waals surface area (Å²) in [7, 11) is 1.68. The van der Waals surface area contributed by atoms with Crippen molar-refractivity contribution < 1.29 is 5.11 Å². The Bertz CT molecular complexity index is 348. The third-order valence-corrected chi connectivity index (χ3v) is 1.92. The molecule has 1 aromatic heterocycles. The highest BCUT2D eigenvalue weighted by atomic mass is 16.3. The van der Waals surface area contributed by atoms with E-state index in [4.69, 9.17) is 5.73 Å². The van der Waals surface area contributed by atoms with Crippen LogP contribution in [0.5, 0.6) is 0 Å². The van der Waals surface area contributed by atoms with Crippen LogP contribution in [0.15, 0.2) is 23.1 Å². The van der Waals surface area contributed by atoms with Crippen LogP contribution in [0, 0.1) is 0 Å². The predicted octanol–water partition coefficient (Wildman–Crippen LogP) is -0.883. The fourth-order valence-corrected chi connectivity index (χ4v) is 0.977. The molecule has 1 atom stereocenters. The van der Waals surface area contributed by atoms with Gasteiger partial charge >= 0.3 is 0 Å². The summed E-state index contributed by atoms with van der Waals surface area (Å²) in [4.78, 5) is 11.2. The first kappa shape index (κ1) is 10.7. The Morgan fingerprint density at radius 2 is 2.43 bits per heavy atom. The number of hydrogen-bond donors (Lipinski definition) is 3. The van der Waals surface area contributed by atoms with E-state index in [-0.39, 0.29) is 12.1 Å². The van der Waals surface area contributed by atoms with Crippen molar-refractivity contribution in [2.75, 3.05) is 18.4 Å². The van der Waals surface area contributed by atoms with Crippen molar-refractivity contribution in [1.82, 2.24) is 4.57 Å². The zero-order valence-electron chi connectivity index (χ0n) is 8.10. The Labute approximate surface area is 82.2 Å². The van der Waals surface area contributed by atoms with E-state index in [1.54, 1.807) is 19.3 Å². The van der Waals surface area contributed by atoms with E-state index < -0.39 is 6.10 Å². The molecule has 5 nitrogen and oxygen atoms in total. The largest absolute Gasteiger partial charge is 0.390 e. The number of rotatable bonds is 4. The third kappa shape index (κ3) is 2.86. The van der Waals surface area contributed by atoms with E-state index in [0.29, 0.717) is 12.2 Å². The maximum absolute atomic E-state index is 11.2. The van der Waals surface area contributed by atoms with Gasteiger partial charge in [0.25, 0.3) is 5.56 Å². The van der Waals surface area contributed by atoms with Crippen LogP contribution in [-0.4, -0.2) is 28.9 Å². The second-order valence-corrected chi connectivity index (χ2v) is 3.13. The van der Waals surface area contributed by atoms with E-state index in [1.807, 2.05) is 0 Å². The van der Waals surface area contributed by atoms with E-state index in [1.165, 1.54) is 10.6 Å². The highest BCUT2D eigenvalue weighted by Crippen LogP contribution is 2.00. The van der Waals surface area contributed by atoms with Crippen LogP contribution in [0.3, 0.4) is 0 Å². The topological polar surface area (TPSA) is 80.3 Å². The molecule has 78 valence electrons. The monoisotopic (exact) mass is 197 g/mol. The quantitative estimate of drug-likeness (QED) is 0.585. The van der Waals surface area contributed by atoms with Crippen molar-refractivity contribution >= 4 is 5.69 Å². The number of aliphatic hydroxyl groups excluding tert-OH is 1. The van der Waals surface area contributed by atoms with Gasteiger partial charge in [0.1, 0.15) is 0 Å². The molecule has 0 radical (unpaired) electrons. The zero-order valence-corrected chi connectivity index (χ0v) is 8.10. The standard InChI is InChI=1S/C9H15N3O2/c1-12-3-2-7(4-9(12)14)11-6-8(13)5-10/h2-4,8,11,13H,5-6,10H2,1H3. The van der Waals surface area contributed by atoms with Crippen LogP contribution in [0.4, 0.5) is 5.69 Å². The van der Waals surface area contributed by atoms with Gasteiger partial charge in [-0.25, -0.2) is 0 Å². The summed E-state index contributed by atoms with van der Waals surface area (Å²) in [6.07, 6.45) is 1.08.